The summed E-state index contributed by atoms with van der Waals surface area (Å²) in [6.45, 7) is 6.39. The summed E-state index contributed by atoms with van der Waals surface area (Å²) >= 11 is 1.62. The van der Waals surface area contributed by atoms with Gasteiger partial charge in [-0.15, -0.1) is 11.3 Å². The van der Waals surface area contributed by atoms with Crippen molar-refractivity contribution < 1.29 is 9.53 Å². The second-order valence-corrected chi connectivity index (χ2v) is 7.61. The Balaban J connectivity index is 1.77. The molecule has 26 heavy (non-hydrogen) atoms. The normalized spacial score (nSPS) is 16.3. The molecule has 4 nitrogen and oxygen atoms in total. The van der Waals surface area contributed by atoms with E-state index in [1.54, 1.807) is 18.3 Å². The quantitative estimate of drug-likeness (QED) is 0.674. The lowest BCUT2D eigenvalue weighted by atomic mass is 10.0. The Morgan fingerprint density at radius 1 is 1.19 bits per heavy atom. The summed E-state index contributed by atoms with van der Waals surface area (Å²) in [5.74, 6) is 0.716. The van der Waals surface area contributed by atoms with Gasteiger partial charge in [-0.3, -0.25) is 4.79 Å². The number of fused-ring (bicyclic) bond motifs is 1. The van der Waals surface area contributed by atoms with Gasteiger partial charge in [0.25, 0.3) is 5.91 Å². The van der Waals surface area contributed by atoms with Gasteiger partial charge < -0.3 is 9.64 Å². The molecule has 0 radical (unpaired) electrons. The number of anilines is 1. The number of rotatable bonds is 3. The Bertz CT molecular complexity index is 980. The smallest absolute Gasteiger partial charge is 0.268 e. The molecule has 1 aromatic heterocycles. The van der Waals surface area contributed by atoms with Gasteiger partial charge in [0.1, 0.15) is 5.75 Å². The number of carbonyl (C=O) groups excluding carboxylic acids is 1. The number of carbonyl (C=O) groups is 1. The van der Waals surface area contributed by atoms with E-state index in [0.717, 1.165) is 33.3 Å². The lowest BCUT2D eigenvalue weighted by molar-refractivity contribution is -0.125. The fourth-order valence-corrected chi connectivity index (χ4v) is 3.81. The molecule has 0 spiro atoms. The van der Waals surface area contributed by atoms with Crippen LogP contribution in [0.15, 0.2) is 47.8 Å². The van der Waals surface area contributed by atoms with Crippen LogP contribution in [0.5, 0.6) is 5.75 Å². The largest absolute Gasteiger partial charge is 0.479 e. The summed E-state index contributed by atoms with van der Waals surface area (Å²) in [6, 6.07) is 14.1. The summed E-state index contributed by atoms with van der Waals surface area (Å²) in [4.78, 5) is 19.2. The maximum atomic E-state index is 12.8. The number of benzene rings is 2. The van der Waals surface area contributed by atoms with E-state index in [1.807, 2.05) is 47.5 Å². The van der Waals surface area contributed by atoms with Crippen LogP contribution < -0.4 is 9.64 Å². The Labute approximate surface area is 157 Å². The van der Waals surface area contributed by atoms with E-state index in [2.05, 4.69) is 24.0 Å². The van der Waals surface area contributed by atoms with E-state index in [-0.39, 0.29) is 5.91 Å². The van der Waals surface area contributed by atoms with Gasteiger partial charge in [0.2, 0.25) is 0 Å². The Morgan fingerprint density at radius 3 is 2.73 bits per heavy atom. The molecule has 0 bridgehead atoms. The molecule has 0 fully saturated rings. The molecular weight excluding hydrogens is 344 g/mol. The first-order valence-corrected chi connectivity index (χ1v) is 9.50. The molecule has 0 aliphatic carbocycles. The van der Waals surface area contributed by atoms with Crippen LogP contribution in [-0.4, -0.2) is 17.0 Å². The predicted molar refractivity (Wildman–Crippen MR) is 105 cm³/mol. The number of thiazole rings is 1. The van der Waals surface area contributed by atoms with Crippen LogP contribution in [0.1, 0.15) is 23.1 Å². The lowest BCUT2D eigenvalue weighted by Crippen LogP contribution is -2.44. The zero-order valence-electron chi connectivity index (χ0n) is 15.0. The van der Waals surface area contributed by atoms with Gasteiger partial charge in [0.15, 0.2) is 6.10 Å². The third-order valence-electron chi connectivity index (χ3n) is 4.67. The molecular formula is C21H20N2O2S. The van der Waals surface area contributed by atoms with Crippen molar-refractivity contribution in [1.29, 1.82) is 0 Å². The van der Waals surface area contributed by atoms with E-state index in [1.165, 1.54) is 5.56 Å². The van der Waals surface area contributed by atoms with Crippen molar-refractivity contribution in [2.75, 3.05) is 4.90 Å². The molecule has 5 heteroatoms. The minimum atomic E-state index is -0.487. The van der Waals surface area contributed by atoms with Crippen molar-refractivity contribution in [1.82, 2.24) is 4.98 Å². The van der Waals surface area contributed by atoms with Gasteiger partial charge in [0, 0.05) is 10.9 Å². The van der Waals surface area contributed by atoms with Gasteiger partial charge >= 0.3 is 0 Å². The lowest BCUT2D eigenvalue weighted by Gasteiger charge is -2.33. The monoisotopic (exact) mass is 364 g/mol. The molecule has 2 aromatic carbocycles. The number of hydrogen-bond acceptors (Lipinski definition) is 4. The summed E-state index contributed by atoms with van der Waals surface area (Å²) < 4.78 is 5.83. The Hall–Kier alpha value is -2.66. The molecule has 3 aromatic rings. The van der Waals surface area contributed by atoms with Crippen LogP contribution in [0.25, 0.3) is 11.3 Å². The summed E-state index contributed by atoms with van der Waals surface area (Å²) in [5.41, 5.74) is 5.04. The number of nitrogens with zero attached hydrogens (tertiary/aromatic N) is 2. The molecule has 0 saturated heterocycles. The van der Waals surface area contributed by atoms with Crippen LogP contribution in [0, 0.1) is 13.8 Å². The van der Waals surface area contributed by atoms with Gasteiger partial charge in [-0.05, 0) is 50.1 Å². The number of aromatic nitrogens is 1. The van der Waals surface area contributed by atoms with Crippen LogP contribution in [-0.2, 0) is 11.3 Å². The summed E-state index contributed by atoms with van der Waals surface area (Å²) in [6.07, 6.45) is -0.487. The van der Waals surface area contributed by atoms with Gasteiger partial charge in [-0.2, -0.15) is 0 Å². The molecule has 0 N–H and O–H groups in total. The van der Waals surface area contributed by atoms with Crippen LogP contribution in [0.2, 0.25) is 0 Å². The molecule has 4 rings (SSSR count). The molecule has 1 atom stereocenters. The first-order valence-electron chi connectivity index (χ1n) is 8.62. The zero-order valence-corrected chi connectivity index (χ0v) is 15.8. The van der Waals surface area contributed by atoms with E-state index in [0.29, 0.717) is 6.54 Å². The highest BCUT2D eigenvalue weighted by Gasteiger charge is 2.32. The number of hydrogen-bond donors (Lipinski definition) is 0. The van der Waals surface area contributed by atoms with E-state index in [9.17, 15) is 4.79 Å². The summed E-state index contributed by atoms with van der Waals surface area (Å²) in [7, 11) is 0. The van der Waals surface area contributed by atoms with Crippen LogP contribution >= 0.6 is 11.3 Å². The highest BCUT2D eigenvalue weighted by Crippen LogP contribution is 2.38. The predicted octanol–water partition coefficient (Wildman–Crippen LogP) is 4.74. The van der Waals surface area contributed by atoms with E-state index < -0.39 is 6.10 Å². The van der Waals surface area contributed by atoms with E-state index in [4.69, 9.17) is 4.74 Å². The minimum Gasteiger partial charge on any atom is -0.479 e. The number of ether oxygens (including phenoxy) is 1. The molecule has 1 unspecified atom stereocenters. The van der Waals surface area contributed by atoms with Crippen molar-refractivity contribution in [2.45, 2.75) is 33.4 Å². The third-order valence-corrected chi connectivity index (χ3v) is 5.45. The maximum Gasteiger partial charge on any atom is 0.268 e. The average Bonchev–Trinajstić information content (AvgIpc) is 3.06. The highest BCUT2D eigenvalue weighted by molar-refractivity contribution is 7.09. The number of amides is 1. The third kappa shape index (κ3) is 2.99. The maximum absolute atomic E-state index is 12.8. The fraction of sp³-hybridized carbons (Fsp3) is 0.238. The second-order valence-electron chi connectivity index (χ2n) is 6.55. The van der Waals surface area contributed by atoms with Crippen molar-refractivity contribution in [3.63, 3.8) is 0 Å². The average molecular weight is 364 g/mol. The van der Waals surface area contributed by atoms with Crippen molar-refractivity contribution in [2.24, 2.45) is 0 Å². The van der Waals surface area contributed by atoms with Gasteiger partial charge in [-0.25, -0.2) is 4.98 Å². The van der Waals surface area contributed by atoms with E-state index >= 15 is 0 Å². The van der Waals surface area contributed by atoms with Crippen LogP contribution in [0.4, 0.5) is 5.69 Å². The highest BCUT2D eigenvalue weighted by atomic mass is 32.1. The molecule has 0 saturated carbocycles. The minimum absolute atomic E-state index is 0.0210. The molecule has 1 aliphatic rings. The zero-order chi connectivity index (χ0) is 18.3. The van der Waals surface area contributed by atoms with Crippen molar-refractivity contribution in [3.8, 4) is 17.0 Å². The van der Waals surface area contributed by atoms with Crippen molar-refractivity contribution >= 4 is 22.9 Å². The second kappa shape index (κ2) is 6.57. The fourth-order valence-electron chi connectivity index (χ4n) is 3.18. The SMILES string of the molecule is Cc1nc(-c2ccc3c(c2)N(Cc2ccccc2C)C(=O)C(C)O3)cs1. The first-order chi connectivity index (χ1) is 12.5. The molecule has 2 heterocycles. The molecule has 1 amide bonds. The Morgan fingerprint density at radius 2 is 2.00 bits per heavy atom. The van der Waals surface area contributed by atoms with Crippen molar-refractivity contribution in [3.05, 3.63) is 64.0 Å². The number of aryl methyl sites for hydroxylation is 2. The Kier molecular flexibility index (Phi) is 4.24. The topological polar surface area (TPSA) is 42.4 Å². The summed E-state index contributed by atoms with van der Waals surface area (Å²) in [5, 5.41) is 3.06. The van der Waals surface area contributed by atoms with Crippen LogP contribution in [0.3, 0.4) is 0 Å². The molecule has 1 aliphatic heterocycles. The van der Waals surface area contributed by atoms with Gasteiger partial charge in [0.05, 0.1) is 22.9 Å². The standard InChI is InChI=1S/C21H20N2O2S/c1-13-6-4-5-7-17(13)11-23-19-10-16(18-12-26-15(3)22-18)8-9-20(19)25-14(2)21(23)24/h4-10,12,14H,11H2,1-3H3. The first kappa shape index (κ1) is 16.8. The molecule has 132 valence electrons. The van der Waals surface area contributed by atoms with Gasteiger partial charge in [-0.1, -0.05) is 24.3 Å².